The Morgan fingerprint density at radius 2 is 2.16 bits per heavy atom. The molecule has 5 heteroatoms. The molecule has 1 aliphatic heterocycles. The zero-order valence-electron chi connectivity index (χ0n) is 11.1. The van der Waals surface area contributed by atoms with Crippen LogP contribution in [-0.2, 0) is 13.0 Å². The monoisotopic (exact) mass is 321 g/mol. The number of fused-ring (bicyclic) bond motifs is 1. The molecule has 1 aromatic carbocycles. The van der Waals surface area contributed by atoms with Crippen molar-refractivity contribution in [1.82, 2.24) is 10.2 Å². The molecule has 0 unspecified atom stereocenters. The smallest absolute Gasteiger partial charge is 0.235 e. The minimum atomic E-state index is 0.623. The molecule has 0 radical (unpaired) electrons. The second kappa shape index (κ2) is 4.96. The number of anilines is 1. The number of aromatic nitrogens is 2. The molecule has 3 rings (SSSR count). The third-order valence-electron chi connectivity index (χ3n) is 3.49. The molecule has 100 valence electrons. The summed E-state index contributed by atoms with van der Waals surface area (Å²) in [6.07, 6.45) is 2.28. The van der Waals surface area contributed by atoms with Crippen LogP contribution in [0.4, 0.5) is 5.69 Å². The minimum absolute atomic E-state index is 0.623. The number of halogens is 1. The number of benzene rings is 1. The van der Waals surface area contributed by atoms with Crippen LogP contribution in [-0.4, -0.2) is 16.7 Å². The van der Waals surface area contributed by atoms with E-state index in [1.807, 2.05) is 6.92 Å². The first kappa shape index (κ1) is 12.7. The van der Waals surface area contributed by atoms with E-state index in [9.17, 15) is 0 Å². The highest BCUT2D eigenvalue weighted by atomic mass is 79.9. The fraction of sp³-hybridized carbons (Fsp3) is 0.429. The zero-order valence-corrected chi connectivity index (χ0v) is 12.7. The first-order chi connectivity index (χ1) is 9.15. The molecule has 0 aliphatic carbocycles. The molecular formula is C14H16BrN3O. The van der Waals surface area contributed by atoms with Crippen molar-refractivity contribution in [2.24, 2.45) is 0 Å². The van der Waals surface area contributed by atoms with E-state index < -0.39 is 0 Å². The quantitative estimate of drug-likeness (QED) is 0.850. The molecule has 0 saturated heterocycles. The van der Waals surface area contributed by atoms with Gasteiger partial charge < -0.3 is 9.32 Å². The summed E-state index contributed by atoms with van der Waals surface area (Å²) >= 11 is 3.66. The van der Waals surface area contributed by atoms with Gasteiger partial charge in [-0.25, -0.2) is 0 Å². The molecule has 4 nitrogen and oxygen atoms in total. The molecule has 0 atom stereocenters. The van der Waals surface area contributed by atoms with Gasteiger partial charge in [0.2, 0.25) is 11.8 Å². The predicted octanol–water partition coefficient (Wildman–Crippen LogP) is 3.40. The van der Waals surface area contributed by atoms with Crippen LogP contribution < -0.4 is 4.90 Å². The summed E-state index contributed by atoms with van der Waals surface area (Å²) in [4.78, 5) is 2.34. The van der Waals surface area contributed by atoms with Crippen molar-refractivity contribution in [3.05, 3.63) is 39.5 Å². The minimum Gasteiger partial charge on any atom is -0.424 e. The largest absolute Gasteiger partial charge is 0.424 e. The third kappa shape index (κ3) is 2.39. The van der Waals surface area contributed by atoms with Crippen molar-refractivity contribution in [3.8, 4) is 0 Å². The van der Waals surface area contributed by atoms with E-state index in [4.69, 9.17) is 4.42 Å². The number of hydrogen-bond acceptors (Lipinski definition) is 4. The molecule has 2 heterocycles. The maximum Gasteiger partial charge on any atom is 0.235 e. The van der Waals surface area contributed by atoms with Gasteiger partial charge in [0.05, 0.1) is 6.54 Å². The van der Waals surface area contributed by atoms with Gasteiger partial charge in [-0.15, -0.1) is 10.2 Å². The highest BCUT2D eigenvalue weighted by Gasteiger charge is 2.22. The van der Waals surface area contributed by atoms with E-state index in [1.165, 1.54) is 21.3 Å². The Morgan fingerprint density at radius 3 is 2.89 bits per heavy atom. The van der Waals surface area contributed by atoms with Crippen molar-refractivity contribution in [3.63, 3.8) is 0 Å². The maximum atomic E-state index is 5.50. The van der Waals surface area contributed by atoms with E-state index in [0.717, 1.165) is 19.4 Å². The molecule has 1 aromatic heterocycles. The van der Waals surface area contributed by atoms with Gasteiger partial charge in [-0.1, -0.05) is 22.0 Å². The summed E-state index contributed by atoms with van der Waals surface area (Å²) in [5.41, 5.74) is 4.01. The van der Waals surface area contributed by atoms with Gasteiger partial charge in [-0.2, -0.15) is 0 Å². The Kier molecular flexibility index (Phi) is 3.31. The van der Waals surface area contributed by atoms with Gasteiger partial charge >= 0.3 is 0 Å². The van der Waals surface area contributed by atoms with Crippen LogP contribution in [0.1, 0.15) is 29.3 Å². The van der Waals surface area contributed by atoms with Crippen LogP contribution >= 0.6 is 15.9 Å². The molecule has 2 aromatic rings. The Morgan fingerprint density at radius 1 is 1.32 bits per heavy atom. The second-order valence-electron chi connectivity index (χ2n) is 4.93. The average Bonchev–Trinajstić information content (AvgIpc) is 2.80. The summed E-state index contributed by atoms with van der Waals surface area (Å²) in [5, 5.41) is 7.99. The van der Waals surface area contributed by atoms with Crippen molar-refractivity contribution < 1.29 is 4.42 Å². The molecule has 0 fully saturated rings. The van der Waals surface area contributed by atoms with E-state index in [2.05, 4.69) is 50.1 Å². The van der Waals surface area contributed by atoms with Gasteiger partial charge in [0.15, 0.2) is 0 Å². The van der Waals surface area contributed by atoms with E-state index in [-0.39, 0.29) is 0 Å². The van der Waals surface area contributed by atoms with E-state index >= 15 is 0 Å². The van der Waals surface area contributed by atoms with Gasteiger partial charge in [-0.05, 0) is 37.0 Å². The summed E-state index contributed by atoms with van der Waals surface area (Å²) in [7, 11) is 0. The van der Waals surface area contributed by atoms with E-state index in [0.29, 0.717) is 18.3 Å². The van der Waals surface area contributed by atoms with Crippen molar-refractivity contribution in [2.45, 2.75) is 33.2 Å². The molecule has 0 N–H and O–H groups in total. The lowest BCUT2D eigenvalue weighted by Crippen LogP contribution is -2.30. The number of aryl methyl sites for hydroxylation is 2. The molecule has 0 spiro atoms. The Bertz CT molecular complexity index is 609. The molecule has 0 bridgehead atoms. The van der Waals surface area contributed by atoms with Gasteiger partial charge in [0.25, 0.3) is 0 Å². The van der Waals surface area contributed by atoms with Gasteiger partial charge in [-0.3, -0.25) is 0 Å². The lowest BCUT2D eigenvalue weighted by Gasteiger charge is -2.32. The molecule has 0 saturated carbocycles. The molecule has 1 aliphatic rings. The first-order valence-electron chi connectivity index (χ1n) is 6.47. The Balaban J connectivity index is 1.96. The molecule has 0 amide bonds. The fourth-order valence-electron chi connectivity index (χ4n) is 2.69. The predicted molar refractivity (Wildman–Crippen MR) is 77.3 cm³/mol. The SMILES string of the molecule is Cc1nnc(CN2CCCc3c(Br)ccc(C)c32)o1. The van der Waals surface area contributed by atoms with Crippen molar-refractivity contribution >= 4 is 21.6 Å². The van der Waals surface area contributed by atoms with Crippen molar-refractivity contribution in [2.75, 3.05) is 11.4 Å². The standard InChI is InChI=1S/C14H16BrN3O/c1-9-5-6-12(15)11-4-3-7-18(14(9)11)8-13-17-16-10(2)19-13/h5-6H,3-4,7-8H2,1-2H3. The number of hydrogen-bond donors (Lipinski definition) is 0. The van der Waals surface area contributed by atoms with E-state index in [1.54, 1.807) is 0 Å². The van der Waals surface area contributed by atoms with Crippen molar-refractivity contribution in [1.29, 1.82) is 0 Å². The topological polar surface area (TPSA) is 42.2 Å². The van der Waals surface area contributed by atoms with Gasteiger partial charge in [0, 0.05) is 23.6 Å². The van der Waals surface area contributed by atoms with Crippen LogP contribution in [0.25, 0.3) is 0 Å². The summed E-state index contributed by atoms with van der Waals surface area (Å²) < 4.78 is 6.69. The summed E-state index contributed by atoms with van der Waals surface area (Å²) in [5.74, 6) is 1.31. The zero-order chi connectivity index (χ0) is 13.4. The van der Waals surface area contributed by atoms with Crippen LogP contribution in [0.3, 0.4) is 0 Å². The second-order valence-corrected chi connectivity index (χ2v) is 5.79. The Hall–Kier alpha value is -1.36. The fourth-order valence-corrected chi connectivity index (χ4v) is 3.21. The van der Waals surface area contributed by atoms with Crippen LogP contribution in [0, 0.1) is 13.8 Å². The maximum absolute atomic E-state index is 5.50. The molecule has 19 heavy (non-hydrogen) atoms. The van der Waals surface area contributed by atoms with Crippen LogP contribution in [0.2, 0.25) is 0 Å². The highest BCUT2D eigenvalue weighted by molar-refractivity contribution is 9.10. The third-order valence-corrected chi connectivity index (χ3v) is 4.24. The lowest BCUT2D eigenvalue weighted by molar-refractivity contribution is 0.459. The average molecular weight is 322 g/mol. The summed E-state index contributed by atoms with van der Waals surface area (Å²) in [6, 6.07) is 4.29. The Labute approximate surface area is 121 Å². The lowest BCUT2D eigenvalue weighted by atomic mass is 9.98. The normalized spacial score (nSPS) is 14.6. The highest BCUT2D eigenvalue weighted by Crippen LogP contribution is 2.36. The van der Waals surface area contributed by atoms with Gasteiger partial charge in [0.1, 0.15) is 0 Å². The number of nitrogens with zero attached hydrogens (tertiary/aromatic N) is 3. The van der Waals surface area contributed by atoms with Crippen LogP contribution in [0.5, 0.6) is 0 Å². The molecular weight excluding hydrogens is 306 g/mol. The first-order valence-corrected chi connectivity index (χ1v) is 7.26. The summed E-state index contributed by atoms with van der Waals surface area (Å²) in [6.45, 7) is 5.70. The van der Waals surface area contributed by atoms with Crippen LogP contribution in [0.15, 0.2) is 21.0 Å². The number of rotatable bonds is 2.